The highest BCUT2D eigenvalue weighted by Crippen LogP contribution is 2.34. The van der Waals surface area contributed by atoms with Gasteiger partial charge in [-0.3, -0.25) is 4.79 Å². The van der Waals surface area contributed by atoms with Gasteiger partial charge in [0, 0.05) is 37.2 Å². The van der Waals surface area contributed by atoms with Crippen LogP contribution < -0.4 is 16.0 Å². The molecule has 3 aromatic heterocycles. The summed E-state index contributed by atoms with van der Waals surface area (Å²) < 4.78 is 2.18. The molecule has 168 valence electrons. The molecule has 4 heterocycles. The topological polar surface area (TPSA) is 96.8 Å². The molecule has 1 aliphatic heterocycles. The number of anilines is 4. The molecule has 1 aromatic carbocycles. The van der Waals surface area contributed by atoms with E-state index in [2.05, 4.69) is 47.6 Å². The van der Waals surface area contributed by atoms with Crippen LogP contribution in [0.2, 0.25) is 5.02 Å². The van der Waals surface area contributed by atoms with E-state index in [1.807, 2.05) is 30.8 Å². The van der Waals surface area contributed by atoms with E-state index in [4.69, 9.17) is 11.6 Å². The number of fused-ring (bicyclic) bond motifs is 3. The van der Waals surface area contributed by atoms with E-state index < -0.39 is 0 Å². The smallest absolute Gasteiger partial charge is 0.263 e. The highest BCUT2D eigenvalue weighted by molar-refractivity contribution is 7.12. The van der Waals surface area contributed by atoms with Crippen LogP contribution in [0, 0.1) is 6.92 Å². The van der Waals surface area contributed by atoms with E-state index in [1.54, 1.807) is 7.05 Å². The van der Waals surface area contributed by atoms with Crippen LogP contribution >= 0.6 is 22.9 Å². The summed E-state index contributed by atoms with van der Waals surface area (Å²) in [6, 6.07) is 6.23. The number of aromatic nitrogens is 4. The second-order valence-electron chi connectivity index (χ2n) is 7.76. The molecule has 1 aliphatic rings. The largest absolute Gasteiger partial charge is 0.354 e. The van der Waals surface area contributed by atoms with Gasteiger partial charge >= 0.3 is 0 Å². The molecule has 0 fully saturated rings. The standard InChI is InChI=1S/C23H22ClN7OS/c1-13-12-33-19(22(32)25-2)18(13)29-20-17(24)11-27-23(30-20)28-15-6-5-14-4-3-8-31-9-7-26-21(31)16(14)10-15/h5-7,9-12H,3-4,8H2,1-2H3,(H,25,32)(H2,27,28,29,30). The number of amides is 1. The van der Waals surface area contributed by atoms with E-state index in [1.165, 1.54) is 23.1 Å². The molecule has 4 aromatic rings. The summed E-state index contributed by atoms with van der Waals surface area (Å²) >= 11 is 7.73. The van der Waals surface area contributed by atoms with Crippen molar-refractivity contribution in [2.75, 3.05) is 17.7 Å². The molecular weight excluding hydrogens is 458 g/mol. The number of nitrogens with zero attached hydrogens (tertiary/aromatic N) is 4. The van der Waals surface area contributed by atoms with Crippen LogP contribution in [0.3, 0.4) is 0 Å². The first-order valence-electron chi connectivity index (χ1n) is 10.5. The summed E-state index contributed by atoms with van der Waals surface area (Å²) in [6.07, 6.45) is 7.49. The van der Waals surface area contributed by atoms with Crippen molar-refractivity contribution in [3.63, 3.8) is 0 Å². The number of carbonyl (C=O) groups is 1. The number of rotatable bonds is 5. The van der Waals surface area contributed by atoms with Gasteiger partial charge in [-0.15, -0.1) is 11.3 Å². The van der Waals surface area contributed by atoms with Crippen molar-refractivity contribution in [2.45, 2.75) is 26.3 Å². The van der Waals surface area contributed by atoms with Gasteiger partial charge in [0.25, 0.3) is 5.91 Å². The van der Waals surface area contributed by atoms with Crippen LogP contribution in [0.15, 0.2) is 42.2 Å². The maximum Gasteiger partial charge on any atom is 0.263 e. The monoisotopic (exact) mass is 479 g/mol. The Hall–Kier alpha value is -3.43. The summed E-state index contributed by atoms with van der Waals surface area (Å²) in [5.74, 6) is 1.63. The minimum Gasteiger partial charge on any atom is -0.354 e. The first-order valence-corrected chi connectivity index (χ1v) is 11.8. The maximum absolute atomic E-state index is 12.2. The fraction of sp³-hybridized carbons (Fsp3) is 0.217. The molecule has 0 unspecified atom stereocenters. The highest BCUT2D eigenvalue weighted by atomic mass is 35.5. The van der Waals surface area contributed by atoms with Crippen LogP contribution in [-0.4, -0.2) is 32.5 Å². The van der Waals surface area contributed by atoms with Crippen molar-refractivity contribution >= 4 is 52.0 Å². The summed E-state index contributed by atoms with van der Waals surface area (Å²) in [5.41, 5.74) is 4.86. The number of hydrogen-bond acceptors (Lipinski definition) is 7. The molecule has 10 heteroatoms. The highest BCUT2D eigenvalue weighted by Gasteiger charge is 2.18. The molecule has 0 aliphatic carbocycles. The van der Waals surface area contributed by atoms with E-state index >= 15 is 0 Å². The van der Waals surface area contributed by atoms with E-state index in [9.17, 15) is 4.79 Å². The number of thiophene rings is 1. The fourth-order valence-corrected chi connectivity index (χ4v) is 4.99. The van der Waals surface area contributed by atoms with Crippen molar-refractivity contribution in [2.24, 2.45) is 0 Å². The summed E-state index contributed by atoms with van der Waals surface area (Å²) in [5, 5.41) is 11.4. The molecule has 33 heavy (non-hydrogen) atoms. The average Bonchev–Trinajstić information content (AvgIpc) is 3.39. The number of hydrogen-bond donors (Lipinski definition) is 3. The summed E-state index contributed by atoms with van der Waals surface area (Å²) in [4.78, 5) is 26.2. The van der Waals surface area contributed by atoms with Crippen molar-refractivity contribution in [3.05, 3.63) is 63.2 Å². The Morgan fingerprint density at radius 3 is 2.97 bits per heavy atom. The van der Waals surface area contributed by atoms with Crippen LogP contribution in [0.4, 0.5) is 23.1 Å². The SMILES string of the molecule is CNC(=O)c1scc(C)c1Nc1nc(Nc2ccc3c(c2)-c2nccn2CCC3)ncc1Cl. The van der Waals surface area contributed by atoms with Gasteiger partial charge in [0.2, 0.25) is 5.95 Å². The summed E-state index contributed by atoms with van der Waals surface area (Å²) in [7, 11) is 1.60. The minimum absolute atomic E-state index is 0.164. The van der Waals surface area contributed by atoms with Crippen LogP contribution in [0.5, 0.6) is 0 Å². The molecule has 0 saturated heterocycles. The van der Waals surface area contributed by atoms with Crippen LogP contribution in [-0.2, 0) is 13.0 Å². The zero-order valence-electron chi connectivity index (χ0n) is 18.1. The van der Waals surface area contributed by atoms with Gasteiger partial charge in [0.1, 0.15) is 15.7 Å². The minimum atomic E-state index is -0.164. The average molecular weight is 480 g/mol. The van der Waals surface area contributed by atoms with Crippen molar-refractivity contribution in [1.82, 2.24) is 24.8 Å². The Bertz CT molecular complexity index is 1350. The van der Waals surface area contributed by atoms with Gasteiger partial charge in [-0.25, -0.2) is 9.97 Å². The van der Waals surface area contributed by atoms with Crippen molar-refractivity contribution < 1.29 is 4.79 Å². The number of imidazole rings is 1. The number of halogens is 1. The van der Waals surface area contributed by atoms with Crippen molar-refractivity contribution in [3.8, 4) is 11.4 Å². The number of nitrogens with one attached hydrogen (secondary N) is 3. The summed E-state index contributed by atoms with van der Waals surface area (Å²) in [6.45, 7) is 2.89. The third-order valence-electron chi connectivity index (χ3n) is 5.56. The lowest BCUT2D eigenvalue weighted by Gasteiger charge is -2.13. The van der Waals surface area contributed by atoms with E-state index in [-0.39, 0.29) is 5.91 Å². The zero-order chi connectivity index (χ0) is 22.9. The Kier molecular flexibility index (Phi) is 5.74. The lowest BCUT2D eigenvalue weighted by atomic mass is 10.0. The normalized spacial score (nSPS) is 12.5. The van der Waals surface area contributed by atoms with Crippen LogP contribution in [0.25, 0.3) is 11.4 Å². The molecular formula is C23H22ClN7OS. The molecule has 1 amide bonds. The lowest BCUT2D eigenvalue weighted by molar-refractivity contribution is 0.0968. The molecule has 3 N–H and O–H groups in total. The molecule has 0 saturated carbocycles. The predicted octanol–water partition coefficient (Wildman–Crippen LogP) is 5.16. The Morgan fingerprint density at radius 1 is 1.24 bits per heavy atom. The van der Waals surface area contributed by atoms with E-state index in [0.29, 0.717) is 27.4 Å². The van der Waals surface area contributed by atoms with E-state index in [0.717, 1.165) is 42.0 Å². The second-order valence-corrected chi connectivity index (χ2v) is 9.05. The maximum atomic E-state index is 12.2. The van der Waals surface area contributed by atoms with Crippen LogP contribution in [0.1, 0.15) is 27.2 Å². The Labute approximate surface area is 200 Å². The molecule has 0 radical (unpaired) electrons. The predicted molar refractivity (Wildman–Crippen MR) is 132 cm³/mol. The lowest BCUT2D eigenvalue weighted by Crippen LogP contribution is -2.17. The number of benzene rings is 1. The van der Waals surface area contributed by atoms with Gasteiger partial charge < -0.3 is 20.5 Å². The Morgan fingerprint density at radius 2 is 2.12 bits per heavy atom. The number of carbonyl (C=O) groups excluding carboxylic acids is 1. The van der Waals surface area contributed by atoms with Gasteiger partial charge in [-0.2, -0.15) is 4.98 Å². The van der Waals surface area contributed by atoms with Gasteiger partial charge in [0.15, 0.2) is 5.82 Å². The third kappa shape index (κ3) is 4.17. The quantitative estimate of drug-likeness (QED) is 0.366. The second kappa shape index (κ2) is 8.84. The first-order chi connectivity index (χ1) is 16.0. The number of aryl methyl sites for hydroxylation is 3. The first kappa shape index (κ1) is 21.4. The fourth-order valence-electron chi connectivity index (χ4n) is 3.90. The van der Waals surface area contributed by atoms with Gasteiger partial charge in [-0.05, 0) is 48.4 Å². The Balaban J connectivity index is 1.44. The molecule has 0 atom stereocenters. The molecule has 0 bridgehead atoms. The molecule has 0 spiro atoms. The third-order valence-corrected chi connectivity index (χ3v) is 6.94. The van der Waals surface area contributed by atoms with Gasteiger partial charge in [0.05, 0.1) is 11.9 Å². The molecule has 5 rings (SSSR count). The van der Waals surface area contributed by atoms with Gasteiger partial charge in [-0.1, -0.05) is 17.7 Å². The zero-order valence-corrected chi connectivity index (χ0v) is 19.7. The van der Waals surface area contributed by atoms with Crippen molar-refractivity contribution in [1.29, 1.82) is 0 Å². The molecule has 8 nitrogen and oxygen atoms in total.